The lowest BCUT2D eigenvalue weighted by molar-refractivity contribution is 0.195. The van der Waals surface area contributed by atoms with Gasteiger partial charge in [-0.1, -0.05) is 104 Å². The van der Waals surface area contributed by atoms with Gasteiger partial charge in [0.05, 0.1) is 5.54 Å². The lowest BCUT2D eigenvalue weighted by atomic mass is 9.33. The van der Waals surface area contributed by atoms with Crippen molar-refractivity contribution in [2.24, 2.45) is 0 Å². The van der Waals surface area contributed by atoms with E-state index in [-0.39, 0.29) is 28.5 Å². The molecule has 0 spiro atoms. The van der Waals surface area contributed by atoms with Crippen molar-refractivity contribution in [1.82, 2.24) is 0 Å². The first kappa shape index (κ1) is 32.2. The second-order valence-electron chi connectivity index (χ2n) is 19.1. The standard InChI is InChI=1S/C48H51BN2O/c1-28-23-38-41-39(24-28)51-43-34(47(9)21-13-14-22-48(47,51)10)26-31(46(6,7)8)27-35(43)49(41)42-37(20-18-33-32-15-11-12-16-40(32)52-44(33)42)50(38)36-19-17-30(25-29(36)2)45(3,4)5/h11-12,15-20,23-27H,13-14,21-22H2,1-10H3. The quantitative estimate of drug-likeness (QED) is 0.161. The fourth-order valence-electron chi connectivity index (χ4n) is 10.8. The molecule has 3 aliphatic heterocycles. The highest BCUT2D eigenvalue weighted by Crippen LogP contribution is 2.62. The Bertz CT molecular complexity index is 2530. The maximum absolute atomic E-state index is 7.04. The minimum Gasteiger partial charge on any atom is -0.457 e. The van der Waals surface area contributed by atoms with Gasteiger partial charge in [-0.25, -0.2) is 0 Å². The number of hydrogen-bond donors (Lipinski definition) is 0. The molecule has 0 N–H and O–H groups in total. The summed E-state index contributed by atoms with van der Waals surface area (Å²) in [5, 5.41) is 2.38. The van der Waals surface area contributed by atoms with Crippen molar-refractivity contribution >= 4 is 73.5 Å². The zero-order valence-corrected chi connectivity index (χ0v) is 32.7. The van der Waals surface area contributed by atoms with E-state index in [2.05, 4.69) is 158 Å². The maximum Gasteiger partial charge on any atom is 0.257 e. The topological polar surface area (TPSA) is 19.6 Å². The second-order valence-corrected chi connectivity index (χ2v) is 19.1. The molecule has 1 saturated carbocycles. The van der Waals surface area contributed by atoms with Crippen LogP contribution in [0.5, 0.6) is 0 Å². The maximum atomic E-state index is 7.04. The van der Waals surface area contributed by atoms with Crippen LogP contribution in [0.15, 0.2) is 83.3 Å². The molecule has 0 saturated heterocycles. The molecule has 10 rings (SSSR count). The van der Waals surface area contributed by atoms with E-state index in [1.807, 2.05) is 0 Å². The number of benzene rings is 5. The molecule has 6 aromatic rings. The monoisotopic (exact) mass is 682 g/mol. The summed E-state index contributed by atoms with van der Waals surface area (Å²) in [6.45, 7) is 23.9. The minimum absolute atomic E-state index is 0.0115. The predicted octanol–water partition coefficient (Wildman–Crippen LogP) is 11.2. The van der Waals surface area contributed by atoms with Gasteiger partial charge < -0.3 is 14.2 Å². The van der Waals surface area contributed by atoms with Gasteiger partial charge in [0.2, 0.25) is 0 Å². The Morgan fingerprint density at radius 1 is 0.673 bits per heavy atom. The van der Waals surface area contributed by atoms with Crippen LogP contribution in [-0.4, -0.2) is 12.3 Å². The Morgan fingerprint density at radius 3 is 2.13 bits per heavy atom. The van der Waals surface area contributed by atoms with Crippen molar-refractivity contribution in [1.29, 1.82) is 0 Å². The SMILES string of the molecule is Cc1cc2c3c(c1)N1c4c(cc(C(C)(C)C)cc4C4(C)CCCCC14C)B3c1c(ccc3c1oc1ccccc13)N2c1ccc(C(C)(C)C)cc1C. The van der Waals surface area contributed by atoms with Crippen molar-refractivity contribution in [2.45, 2.75) is 117 Å². The van der Waals surface area contributed by atoms with Gasteiger partial charge in [-0.3, -0.25) is 0 Å². The number of rotatable bonds is 1. The Hall–Kier alpha value is -4.44. The summed E-state index contributed by atoms with van der Waals surface area (Å²) in [4.78, 5) is 5.44. The van der Waals surface area contributed by atoms with Gasteiger partial charge in [-0.2, -0.15) is 0 Å². The van der Waals surface area contributed by atoms with Crippen molar-refractivity contribution in [3.63, 3.8) is 0 Å². The van der Waals surface area contributed by atoms with Crippen molar-refractivity contribution in [3.05, 3.63) is 107 Å². The zero-order valence-electron chi connectivity index (χ0n) is 32.7. The van der Waals surface area contributed by atoms with E-state index in [1.165, 1.54) is 104 Å². The Morgan fingerprint density at radius 2 is 1.38 bits per heavy atom. The molecule has 1 aromatic heterocycles. The van der Waals surface area contributed by atoms with Gasteiger partial charge in [-0.15, -0.1) is 0 Å². The van der Waals surface area contributed by atoms with E-state index >= 15 is 0 Å². The van der Waals surface area contributed by atoms with E-state index in [4.69, 9.17) is 4.42 Å². The predicted molar refractivity (Wildman–Crippen MR) is 223 cm³/mol. The van der Waals surface area contributed by atoms with Crippen molar-refractivity contribution in [3.8, 4) is 0 Å². The first-order valence-electron chi connectivity index (χ1n) is 19.6. The first-order valence-corrected chi connectivity index (χ1v) is 19.6. The van der Waals surface area contributed by atoms with Crippen LogP contribution in [0, 0.1) is 13.8 Å². The molecule has 2 atom stereocenters. The Kier molecular flexibility index (Phi) is 6.30. The van der Waals surface area contributed by atoms with Crippen LogP contribution < -0.4 is 26.2 Å². The largest absolute Gasteiger partial charge is 0.457 e. The van der Waals surface area contributed by atoms with E-state index in [1.54, 1.807) is 5.56 Å². The fourth-order valence-corrected chi connectivity index (χ4v) is 10.8. The third-order valence-electron chi connectivity index (χ3n) is 13.9. The van der Waals surface area contributed by atoms with Gasteiger partial charge >= 0.3 is 0 Å². The van der Waals surface area contributed by atoms with Crippen LogP contribution in [0.2, 0.25) is 0 Å². The number of nitrogens with zero attached hydrogens (tertiary/aromatic N) is 2. The molecule has 262 valence electrons. The van der Waals surface area contributed by atoms with Crippen LogP contribution in [0.3, 0.4) is 0 Å². The summed E-state index contributed by atoms with van der Waals surface area (Å²) in [6.07, 6.45) is 4.96. The molecule has 0 radical (unpaired) electrons. The van der Waals surface area contributed by atoms with Gasteiger partial charge in [0.1, 0.15) is 11.2 Å². The average Bonchev–Trinajstić information content (AvgIpc) is 3.56. The number of furan rings is 1. The van der Waals surface area contributed by atoms with E-state index < -0.39 is 0 Å². The van der Waals surface area contributed by atoms with E-state index in [9.17, 15) is 0 Å². The van der Waals surface area contributed by atoms with Crippen LogP contribution in [0.25, 0.3) is 21.9 Å². The molecule has 4 heteroatoms. The average molecular weight is 683 g/mol. The molecular formula is C48H51BN2O. The summed E-state index contributed by atoms with van der Waals surface area (Å²) in [7, 11) is 0. The number of fused-ring (bicyclic) bond motifs is 11. The lowest BCUT2D eigenvalue weighted by Gasteiger charge is -2.52. The molecule has 0 amide bonds. The van der Waals surface area contributed by atoms with Crippen molar-refractivity contribution < 1.29 is 4.42 Å². The molecule has 3 nitrogen and oxygen atoms in total. The number of anilines is 5. The normalized spacial score (nSPS) is 21.8. The molecule has 5 aromatic carbocycles. The van der Waals surface area contributed by atoms with Crippen LogP contribution >= 0.6 is 0 Å². The summed E-state index contributed by atoms with van der Waals surface area (Å²) >= 11 is 0. The lowest BCUT2D eigenvalue weighted by Crippen LogP contribution is -2.64. The summed E-state index contributed by atoms with van der Waals surface area (Å²) in [5.41, 5.74) is 19.8. The summed E-state index contributed by atoms with van der Waals surface area (Å²) in [5.74, 6) is 0. The van der Waals surface area contributed by atoms with E-state index in [0.29, 0.717) is 0 Å². The Balaban J connectivity index is 1.38. The van der Waals surface area contributed by atoms with Crippen molar-refractivity contribution in [2.75, 3.05) is 9.80 Å². The highest BCUT2D eigenvalue weighted by molar-refractivity contribution is 7.01. The molecule has 2 unspecified atom stereocenters. The third kappa shape index (κ3) is 3.99. The van der Waals surface area contributed by atoms with Gasteiger partial charge in [0.25, 0.3) is 6.71 Å². The third-order valence-corrected chi connectivity index (χ3v) is 13.9. The van der Waals surface area contributed by atoms with Gasteiger partial charge in [0, 0.05) is 44.6 Å². The van der Waals surface area contributed by atoms with Crippen LogP contribution in [-0.2, 0) is 16.2 Å². The molecule has 1 aliphatic carbocycles. The minimum atomic E-state index is -0.0217. The number of hydrogen-bond acceptors (Lipinski definition) is 3. The van der Waals surface area contributed by atoms with E-state index in [0.717, 1.165) is 11.2 Å². The Labute approximate surface area is 310 Å². The molecule has 52 heavy (non-hydrogen) atoms. The summed E-state index contributed by atoms with van der Waals surface area (Å²) < 4.78 is 7.04. The van der Waals surface area contributed by atoms with Crippen LogP contribution in [0.4, 0.5) is 28.4 Å². The van der Waals surface area contributed by atoms with Gasteiger partial charge in [-0.05, 0) is 125 Å². The number of para-hydroxylation sites is 1. The highest BCUT2D eigenvalue weighted by Gasteiger charge is 2.61. The summed E-state index contributed by atoms with van der Waals surface area (Å²) in [6, 6.07) is 30.6. The zero-order chi connectivity index (χ0) is 36.3. The molecule has 4 aliphatic rings. The van der Waals surface area contributed by atoms with Gasteiger partial charge in [0.15, 0.2) is 0 Å². The molecule has 4 heterocycles. The number of aryl methyl sites for hydroxylation is 2. The van der Waals surface area contributed by atoms with Crippen LogP contribution in [0.1, 0.15) is 109 Å². The molecular weight excluding hydrogens is 631 g/mol. The highest BCUT2D eigenvalue weighted by atomic mass is 16.3. The second kappa shape index (κ2) is 10.2. The fraction of sp³-hybridized carbons (Fsp3) is 0.375. The smallest absolute Gasteiger partial charge is 0.257 e. The first-order chi connectivity index (χ1) is 24.6. The molecule has 0 bridgehead atoms. The molecule has 1 fully saturated rings.